The van der Waals surface area contributed by atoms with Gasteiger partial charge in [-0.2, -0.15) is 0 Å². The van der Waals surface area contributed by atoms with Crippen LogP contribution in [-0.4, -0.2) is 11.7 Å². The second kappa shape index (κ2) is 4.55. The molecule has 1 heteroatoms. The lowest BCUT2D eigenvalue weighted by Crippen LogP contribution is -2.07. The zero-order valence-electron chi connectivity index (χ0n) is 7.34. The van der Waals surface area contributed by atoms with Gasteiger partial charge in [0.25, 0.3) is 0 Å². The van der Waals surface area contributed by atoms with Gasteiger partial charge in [0.1, 0.15) is 0 Å². The van der Waals surface area contributed by atoms with Gasteiger partial charge in [0.2, 0.25) is 0 Å². The number of allylic oxidation sites excluding steroid dienone is 1. The van der Waals surface area contributed by atoms with Crippen LogP contribution in [0.2, 0.25) is 0 Å². The summed E-state index contributed by atoms with van der Waals surface area (Å²) in [6.07, 6.45) is 8.78. The highest BCUT2D eigenvalue weighted by Crippen LogP contribution is 2.28. The van der Waals surface area contributed by atoms with E-state index < -0.39 is 0 Å². The summed E-state index contributed by atoms with van der Waals surface area (Å²) in [5, 5.41) is 8.69. The normalized spacial score (nSPS) is 22.2. The van der Waals surface area contributed by atoms with E-state index in [9.17, 15) is 0 Å². The van der Waals surface area contributed by atoms with Crippen molar-refractivity contribution in [3.63, 3.8) is 0 Å². The lowest BCUT2D eigenvalue weighted by Gasteiger charge is -2.22. The van der Waals surface area contributed by atoms with Gasteiger partial charge in [0, 0.05) is 0 Å². The van der Waals surface area contributed by atoms with Gasteiger partial charge in [-0.15, -0.1) is 0 Å². The van der Waals surface area contributed by atoms with Gasteiger partial charge in [-0.25, -0.2) is 0 Å². The van der Waals surface area contributed by atoms with Crippen LogP contribution in [0.15, 0.2) is 11.6 Å². The summed E-state index contributed by atoms with van der Waals surface area (Å²) >= 11 is 0. The van der Waals surface area contributed by atoms with Crippen molar-refractivity contribution < 1.29 is 5.11 Å². The highest BCUT2D eigenvalue weighted by Gasteiger charge is 2.13. The molecule has 0 spiro atoms. The molecule has 0 heterocycles. The largest absolute Gasteiger partial charge is 0.392 e. The Bertz CT molecular complexity index is 132. The molecule has 1 fully saturated rings. The van der Waals surface area contributed by atoms with Crippen molar-refractivity contribution in [2.45, 2.75) is 39.0 Å². The van der Waals surface area contributed by atoms with E-state index in [1.165, 1.54) is 37.7 Å². The van der Waals surface area contributed by atoms with Gasteiger partial charge in [-0.3, -0.25) is 0 Å². The molecule has 11 heavy (non-hydrogen) atoms. The smallest absolute Gasteiger partial charge is 0.0615 e. The van der Waals surface area contributed by atoms with Gasteiger partial charge in [-0.05, 0) is 25.7 Å². The van der Waals surface area contributed by atoms with Crippen LogP contribution in [0.3, 0.4) is 0 Å². The molecule has 0 atom stereocenters. The fourth-order valence-electron chi connectivity index (χ4n) is 1.87. The summed E-state index contributed by atoms with van der Waals surface area (Å²) in [5.74, 6) is 0.774. The number of rotatable bonds is 2. The molecule has 1 nitrogen and oxygen atoms in total. The first-order chi connectivity index (χ1) is 5.34. The maximum Gasteiger partial charge on any atom is 0.0615 e. The van der Waals surface area contributed by atoms with E-state index in [1.54, 1.807) is 0 Å². The van der Waals surface area contributed by atoms with Gasteiger partial charge in [-0.1, -0.05) is 30.9 Å². The van der Waals surface area contributed by atoms with Crippen molar-refractivity contribution in [2.75, 3.05) is 6.61 Å². The summed E-state index contributed by atoms with van der Waals surface area (Å²) in [4.78, 5) is 0. The quantitative estimate of drug-likeness (QED) is 0.606. The van der Waals surface area contributed by atoms with E-state index in [-0.39, 0.29) is 6.61 Å². The van der Waals surface area contributed by atoms with E-state index in [0.717, 1.165) is 5.92 Å². The maximum atomic E-state index is 8.69. The second-order valence-corrected chi connectivity index (χ2v) is 3.47. The fourth-order valence-corrected chi connectivity index (χ4v) is 1.87. The first-order valence-corrected chi connectivity index (χ1v) is 4.62. The van der Waals surface area contributed by atoms with E-state index in [2.05, 4.69) is 6.92 Å². The number of hydrogen-bond donors (Lipinski definition) is 1. The molecular weight excluding hydrogens is 136 g/mol. The molecule has 64 valence electrons. The topological polar surface area (TPSA) is 20.2 Å². The minimum absolute atomic E-state index is 0.211. The molecule has 0 aromatic carbocycles. The number of hydrogen-bond acceptors (Lipinski definition) is 1. The van der Waals surface area contributed by atoms with Crippen LogP contribution in [0.4, 0.5) is 0 Å². The van der Waals surface area contributed by atoms with Crippen molar-refractivity contribution in [2.24, 2.45) is 5.92 Å². The van der Waals surface area contributed by atoms with Crippen molar-refractivity contribution in [1.82, 2.24) is 0 Å². The zero-order chi connectivity index (χ0) is 8.10. The van der Waals surface area contributed by atoms with Gasteiger partial charge in [0.05, 0.1) is 6.61 Å². The van der Waals surface area contributed by atoms with Crippen molar-refractivity contribution >= 4 is 0 Å². The summed E-state index contributed by atoms with van der Waals surface area (Å²) in [6, 6.07) is 0. The minimum atomic E-state index is 0.211. The summed E-state index contributed by atoms with van der Waals surface area (Å²) in [7, 11) is 0. The van der Waals surface area contributed by atoms with Gasteiger partial charge >= 0.3 is 0 Å². The Balaban J connectivity index is 2.38. The first kappa shape index (κ1) is 8.79. The Morgan fingerprint density at radius 1 is 1.36 bits per heavy atom. The lowest BCUT2D eigenvalue weighted by atomic mass is 9.84. The molecule has 0 aliphatic heterocycles. The van der Waals surface area contributed by atoms with Gasteiger partial charge in [0.15, 0.2) is 0 Å². The Morgan fingerprint density at radius 2 is 2.00 bits per heavy atom. The minimum Gasteiger partial charge on any atom is -0.392 e. The van der Waals surface area contributed by atoms with Crippen molar-refractivity contribution in [1.29, 1.82) is 0 Å². The molecular formula is C10H18O. The molecule has 0 aromatic rings. The van der Waals surface area contributed by atoms with Crippen molar-refractivity contribution in [3.05, 3.63) is 11.6 Å². The van der Waals surface area contributed by atoms with Crippen LogP contribution < -0.4 is 0 Å². The average Bonchev–Trinajstić information content (AvgIpc) is 2.07. The zero-order valence-corrected chi connectivity index (χ0v) is 7.34. The van der Waals surface area contributed by atoms with Crippen LogP contribution >= 0.6 is 0 Å². The molecule has 1 N–H and O–H groups in total. The Kier molecular flexibility index (Phi) is 3.64. The SMILES string of the molecule is C/C(=C/CO)C1CCCCC1. The van der Waals surface area contributed by atoms with E-state index in [4.69, 9.17) is 5.11 Å². The van der Waals surface area contributed by atoms with E-state index >= 15 is 0 Å². The predicted octanol–water partition coefficient (Wildman–Crippen LogP) is 2.51. The van der Waals surface area contributed by atoms with Crippen LogP contribution in [0.25, 0.3) is 0 Å². The van der Waals surface area contributed by atoms with Gasteiger partial charge < -0.3 is 5.11 Å². The summed E-state index contributed by atoms with van der Waals surface area (Å²) in [5.41, 5.74) is 1.40. The van der Waals surface area contributed by atoms with Crippen LogP contribution in [-0.2, 0) is 0 Å². The standard InChI is InChI=1S/C10H18O/c1-9(7-8-11)10-5-3-2-4-6-10/h7,10-11H,2-6,8H2,1H3/b9-7-. The Hall–Kier alpha value is -0.300. The molecule has 1 rings (SSSR count). The number of aliphatic hydroxyl groups excluding tert-OH is 1. The molecule has 1 aliphatic carbocycles. The molecule has 1 saturated carbocycles. The first-order valence-electron chi connectivity index (χ1n) is 4.62. The van der Waals surface area contributed by atoms with E-state index in [0.29, 0.717) is 0 Å². The summed E-state index contributed by atoms with van der Waals surface area (Å²) < 4.78 is 0. The Morgan fingerprint density at radius 3 is 2.55 bits per heavy atom. The average molecular weight is 154 g/mol. The number of aliphatic hydroxyl groups is 1. The molecule has 0 amide bonds. The highest BCUT2D eigenvalue weighted by atomic mass is 16.2. The molecule has 0 saturated heterocycles. The molecule has 0 unspecified atom stereocenters. The predicted molar refractivity (Wildman–Crippen MR) is 47.4 cm³/mol. The van der Waals surface area contributed by atoms with Crippen LogP contribution in [0.5, 0.6) is 0 Å². The molecule has 0 radical (unpaired) electrons. The third-order valence-corrected chi connectivity index (χ3v) is 2.66. The monoisotopic (exact) mass is 154 g/mol. The molecule has 0 bridgehead atoms. The second-order valence-electron chi connectivity index (χ2n) is 3.47. The third kappa shape index (κ3) is 2.66. The van der Waals surface area contributed by atoms with Crippen LogP contribution in [0, 0.1) is 5.92 Å². The molecule has 1 aliphatic rings. The molecule has 0 aromatic heterocycles. The third-order valence-electron chi connectivity index (χ3n) is 2.66. The van der Waals surface area contributed by atoms with Crippen LogP contribution in [0.1, 0.15) is 39.0 Å². The Labute approximate surface area is 69.1 Å². The summed E-state index contributed by atoms with van der Waals surface area (Å²) in [6.45, 7) is 2.36. The highest BCUT2D eigenvalue weighted by molar-refractivity contribution is 5.04. The lowest BCUT2D eigenvalue weighted by molar-refractivity contribution is 0.337. The maximum absolute atomic E-state index is 8.69. The van der Waals surface area contributed by atoms with Crippen molar-refractivity contribution in [3.8, 4) is 0 Å². The van der Waals surface area contributed by atoms with E-state index in [1.807, 2.05) is 6.08 Å². The fraction of sp³-hybridized carbons (Fsp3) is 0.800.